The van der Waals surface area contributed by atoms with Crippen molar-refractivity contribution in [3.63, 3.8) is 0 Å². The molecule has 7 rings (SSSR count). The summed E-state index contributed by atoms with van der Waals surface area (Å²) in [5.41, 5.74) is -0.260. The zero-order chi connectivity index (χ0) is 28.7. The largest absolute Gasteiger partial charge is 0.573 e. The first-order chi connectivity index (χ1) is 19.7. The summed E-state index contributed by atoms with van der Waals surface area (Å²) in [4.78, 5) is 31.5. The van der Waals surface area contributed by atoms with Crippen LogP contribution in [0.2, 0.25) is 0 Å². The van der Waals surface area contributed by atoms with Crippen LogP contribution in [0, 0.1) is 5.41 Å². The van der Waals surface area contributed by atoms with E-state index in [1.54, 1.807) is 23.9 Å². The van der Waals surface area contributed by atoms with Crippen LogP contribution in [0.15, 0.2) is 60.7 Å². The molecule has 3 aliphatic heterocycles. The second-order valence-corrected chi connectivity index (χ2v) is 11.7. The standard InChI is InChI=1S/C30H25F3N2O5S/c1-38-23-10-17-13-28(26(36)19(17)12-24(23)39-2)25(16-6-4-3-5-7-16)22-14-41-15-35(22)29(28)20-11-18(40-30(31,32)33)8-9-21(20)34-27(29)37/h3-12,22,25H,13-15H2,1-2H3,(H,34,37)/t22-,25-,28-,29-/m0/s1. The topological polar surface area (TPSA) is 77.1 Å². The van der Waals surface area contributed by atoms with E-state index in [1.807, 2.05) is 35.2 Å². The van der Waals surface area contributed by atoms with Gasteiger partial charge in [0, 0.05) is 40.4 Å². The quantitative estimate of drug-likeness (QED) is 0.445. The molecule has 0 radical (unpaired) electrons. The highest BCUT2D eigenvalue weighted by Crippen LogP contribution is 2.71. The van der Waals surface area contributed by atoms with Crippen molar-refractivity contribution in [2.45, 2.75) is 30.3 Å². The number of rotatable bonds is 4. The van der Waals surface area contributed by atoms with Gasteiger partial charge in [0.1, 0.15) is 11.3 Å². The van der Waals surface area contributed by atoms with E-state index in [9.17, 15) is 18.0 Å². The lowest BCUT2D eigenvalue weighted by Crippen LogP contribution is -2.58. The molecule has 41 heavy (non-hydrogen) atoms. The van der Waals surface area contributed by atoms with Crippen LogP contribution in [0.5, 0.6) is 17.2 Å². The summed E-state index contributed by atoms with van der Waals surface area (Å²) < 4.78 is 55.3. The molecule has 4 atom stereocenters. The van der Waals surface area contributed by atoms with E-state index in [4.69, 9.17) is 9.47 Å². The average molecular weight is 583 g/mol. The predicted octanol–water partition coefficient (Wildman–Crippen LogP) is 5.35. The molecule has 1 aliphatic carbocycles. The number of amides is 1. The summed E-state index contributed by atoms with van der Waals surface area (Å²) in [7, 11) is 3.00. The van der Waals surface area contributed by atoms with Gasteiger partial charge in [-0.25, -0.2) is 0 Å². The number of hydrogen-bond donors (Lipinski definition) is 1. The van der Waals surface area contributed by atoms with Crippen LogP contribution >= 0.6 is 11.8 Å². The van der Waals surface area contributed by atoms with Crippen molar-refractivity contribution >= 4 is 29.1 Å². The Morgan fingerprint density at radius 1 is 1.00 bits per heavy atom. The second-order valence-electron chi connectivity index (χ2n) is 10.7. The van der Waals surface area contributed by atoms with Crippen LogP contribution in [0.25, 0.3) is 0 Å². The number of nitrogens with one attached hydrogen (secondary N) is 1. The molecule has 1 amide bonds. The van der Waals surface area contributed by atoms with Gasteiger partial charge in [-0.2, -0.15) is 0 Å². The smallest absolute Gasteiger partial charge is 0.493 e. The van der Waals surface area contributed by atoms with Crippen LogP contribution in [-0.2, 0) is 16.8 Å². The fraction of sp³-hybridized carbons (Fsp3) is 0.333. The molecule has 7 nitrogen and oxygen atoms in total. The maximum absolute atomic E-state index is 15.0. The Bertz CT molecular complexity index is 1600. The molecule has 4 aliphatic rings. The molecule has 2 fully saturated rings. The van der Waals surface area contributed by atoms with Crippen molar-refractivity contribution in [2.75, 3.05) is 31.2 Å². The van der Waals surface area contributed by atoms with Gasteiger partial charge in [0.2, 0.25) is 0 Å². The molecule has 0 bridgehead atoms. The van der Waals surface area contributed by atoms with E-state index in [-0.39, 0.29) is 18.2 Å². The number of carbonyl (C=O) groups is 2. The van der Waals surface area contributed by atoms with Gasteiger partial charge < -0.3 is 19.5 Å². The molecule has 0 unspecified atom stereocenters. The van der Waals surface area contributed by atoms with Gasteiger partial charge in [-0.3, -0.25) is 14.5 Å². The number of Topliss-reactive ketones (excluding diaryl/α,β-unsaturated/α-hetero) is 1. The first-order valence-electron chi connectivity index (χ1n) is 13.1. The summed E-state index contributed by atoms with van der Waals surface area (Å²) in [6.45, 7) is 0. The van der Waals surface area contributed by atoms with Crippen molar-refractivity contribution < 1.29 is 37.0 Å². The average Bonchev–Trinajstić information content (AvgIpc) is 3.66. The summed E-state index contributed by atoms with van der Waals surface area (Å²) in [6, 6.07) is 16.7. The Hall–Kier alpha value is -3.70. The summed E-state index contributed by atoms with van der Waals surface area (Å²) in [5, 5.41) is 2.92. The maximum Gasteiger partial charge on any atom is 0.573 e. The highest BCUT2D eigenvalue weighted by Gasteiger charge is 2.79. The number of hydrogen-bond acceptors (Lipinski definition) is 7. The summed E-state index contributed by atoms with van der Waals surface area (Å²) >= 11 is 1.64. The fourth-order valence-corrected chi connectivity index (χ4v) is 8.99. The minimum absolute atomic E-state index is 0.190. The third kappa shape index (κ3) is 3.39. The van der Waals surface area contributed by atoms with Crippen LogP contribution in [0.1, 0.15) is 33.0 Å². The zero-order valence-electron chi connectivity index (χ0n) is 22.1. The molecule has 2 spiro atoms. The number of carbonyl (C=O) groups excluding carboxylic acids is 2. The Balaban J connectivity index is 1.53. The number of benzene rings is 3. The van der Waals surface area contributed by atoms with E-state index in [2.05, 4.69) is 10.1 Å². The van der Waals surface area contributed by atoms with Gasteiger partial charge in [0.25, 0.3) is 5.91 Å². The molecular formula is C30H25F3N2O5S. The van der Waals surface area contributed by atoms with Gasteiger partial charge >= 0.3 is 6.36 Å². The molecule has 3 aromatic carbocycles. The first kappa shape index (κ1) is 26.2. The third-order valence-corrected chi connectivity index (χ3v) is 10.0. The molecule has 3 aromatic rings. The highest BCUT2D eigenvalue weighted by atomic mass is 32.2. The number of fused-ring (bicyclic) bond motifs is 6. The Morgan fingerprint density at radius 2 is 1.73 bits per heavy atom. The predicted molar refractivity (Wildman–Crippen MR) is 146 cm³/mol. The Morgan fingerprint density at radius 3 is 2.44 bits per heavy atom. The van der Waals surface area contributed by atoms with Crippen molar-refractivity contribution in [3.05, 3.63) is 82.9 Å². The number of ether oxygens (including phenoxy) is 3. The maximum atomic E-state index is 15.0. The van der Waals surface area contributed by atoms with E-state index in [0.717, 1.165) is 5.56 Å². The lowest BCUT2D eigenvalue weighted by molar-refractivity contribution is -0.274. The van der Waals surface area contributed by atoms with E-state index in [1.165, 1.54) is 32.4 Å². The number of methoxy groups -OCH3 is 2. The van der Waals surface area contributed by atoms with Crippen molar-refractivity contribution in [3.8, 4) is 17.2 Å². The lowest BCUT2D eigenvalue weighted by atomic mass is 9.58. The molecule has 1 N–H and O–H groups in total. The van der Waals surface area contributed by atoms with Gasteiger partial charge in [0.05, 0.1) is 19.6 Å². The third-order valence-electron chi connectivity index (χ3n) is 8.99. The van der Waals surface area contributed by atoms with Crippen LogP contribution < -0.4 is 19.5 Å². The summed E-state index contributed by atoms with van der Waals surface area (Å²) in [6.07, 6.45) is -4.73. The number of alkyl halides is 3. The van der Waals surface area contributed by atoms with Gasteiger partial charge in [0.15, 0.2) is 17.3 Å². The van der Waals surface area contributed by atoms with Crippen LogP contribution in [-0.4, -0.2) is 54.8 Å². The van der Waals surface area contributed by atoms with Crippen LogP contribution in [0.4, 0.5) is 18.9 Å². The molecule has 0 aromatic heterocycles. The van der Waals surface area contributed by atoms with Gasteiger partial charge in [-0.05, 0) is 47.9 Å². The Kier molecular flexibility index (Phi) is 5.69. The van der Waals surface area contributed by atoms with Crippen molar-refractivity contribution in [1.29, 1.82) is 0 Å². The lowest BCUT2D eigenvalue weighted by Gasteiger charge is -2.44. The van der Waals surface area contributed by atoms with Crippen molar-refractivity contribution in [1.82, 2.24) is 4.90 Å². The molecule has 3 heterocycles. The van der Waals surface area contributed by atoms with E-state index < -0.39 is 34.9 Å². The zero-order valence-corrected chi connectivity index (χ0v) is 22.9. The first-order valence-corrected chi connectivity index (χ1v) is 14.2. The van der Waals surface area contributed by atoms with Gasteiger partial charge in [-0.1, -0.05) is 30.3 Å². The number of anilines is 1. The minimum Gasteiger partial charge on any atom is -0.493 e. The minimum atomic E-state index is -4.92. The highest BCUT2D eigenvalue weighted by molar-refractivity contribution is 7.99. The SMILES string of the molecule is COc1cc2c(cc1OC)C(=O)[C@]1(C2)[C@@H](c2ccccc2)[C@@H]2CSCN2[C@@]12C(=O)Nc1ccc(OC(F)(F)F)cc12. The number of thioether (sulfide) groups is 1. The molecule has 2 saturated heterocycles. The van der Waals surface area contributed by atoms with E-state index >= 15 is 4.79 Å². The fourth-order valence-electron chi connectivity index (χ4n) is 7.69. The monoisotopic (exact) mass is 582 g/mol. The normalized spacial score (nSPS) is 28.1. The molecule has 212 valence electrons. The number of nitrogens with zero attached hydrogens (tertiary/aromatic N) is 1. The number of ketones is 1. The van der Waals surface area contributed by atoms with Crippen LogP contribution in [0.3, 0.4) is 0 Å². The van der Waals surface area contributed by atoms with E-state index in [0.29, 0.717) is 45.5 Å². The Labute approximate surface area is 237 Å². The van der Waals surface area contributed by atoms with Gasteiger partial charge in [-0.15, -0.1) is 24.9 Å². The van der Waals surface area contributed by atoms with Crippen molar-refractivity contribution in [2.24, 2.45) is 5.41 Å². The number of halogens is 3. The molecular weight excluding hydrogens is 557 g/mol. The summed E-state index contributed by atoms with van der Waals surface area (Å²) in [5.74, 6) is 0.374. The second kappa shape index (κ2) is 8.90. The molecule has 0 saturated carbocycles. The molecule has 11 heteroatoms.